The van der Waals surface area contributed by atoms with Gasteiger partial charge in [-0.1, -0.05) is 6.07 Å². The molecule has 2 heterocycles. The third kappa shape index (κ3) is 4.92. The number of pyridine rings is 1. The molecule has 0 spiro atoms. The lowest BCUT2D eigenvalue weighted by Crippen LogP contribution is -2.30. The van der Waals surface area contributed by atoms with Crippen molar-refractivity contribution in [2.45, 2.75) is 25.3 Å². The average molecular weight is 393 g/mol. The van der Waals surface area contributed by atoms with Gasteiger partial charge in [0, 0.05) is 29.0 Å². The number of nitrogens with one attached hydrogen (secondary N) is 3. The van der Waals surface area contributed by atoms with Crippen molar-refractivity contribution in [3.63, 3.8) is 0 Å². The van der Waals surface area contributed by atoms with E-state index in [1.165, 1.54) is 11.3 Å². The molecular weight excluding hydrogens is 374 g/mol. The number of aromatic nitrogens is 2. The van der Waals surface area contributed by atoms with Gasteiger partial charge in [0.25, 0.3) is 0 Å². The second-order valence-corrected chi connectivity index (χ2v) is 7.39. The first-order chi connectivity index (χ1) is 13.7. The van der Waals surface area contributed by atoms with Crippen molar-refractivity contribution in [1.29, 1.82) is 0 Å². The lowest BCUT2D eigenvalue weighted by molar-refractivity contribution is -0.115. The minimum atomic E-state index is -0.202. The minimum absolute atomic E-state index is 0.148. The molecule has 2 aromatic heterocycles. The predicted octanol–water partition coefficient (Wildman–Crippen LogP) is 3.67. The number of carbonyl (C=O) groups excluding carboxylic acids is 2. The molecule has 8 heteroatoms. The highest BCUT2D eigenvalue weighted by atomic mass is 32.1. The van der Waals surface area contributed by atoms with E-state index in [1.807, 2.05) is 23.6 Å². The quantitative estimate of drug-likeness (QED) is 0.595. The Morgan fingerprint density at radius 2 is 1.79 bits per heavy atom. The van der Waals surface area contributed by atoms with E-state index in [1.54, 1.807) is 30.5 Å². The number of nitrogens with zero attached hydrogens (tertiary/aromatic N) is 2. The SMILES string of the molecule is O=C(Cc1csc(-c2ccccn2)n1)Nc1ccc(NC(=O)NC2CC2)cc1. The summed E-state index contributed by atoms with van der Waals surface area (Å²) in [6.07, 6.45) is 3.99. The van der Waals surface area contributed by atoms with Crippen LogP contribution in [0.5, 0.6) is 0 Å². The molecule has 1 fully saturated rings. The fourth-order valence-corrected chi connectivity index (χ4v) is 3.38. The third-order valence-electron chi connectivity index (χ3n) is 4.12. The van der Waals surface area contributed by atoms with Crippen LogP contribution in [0.1, 0.15) is 18.5 Å². The highest BCUT2D eigenvalue weighted by Crippen LogP contribution is 2.22. The summed E-state index contributed by atoms with van der Waals surface area (Å²) in [7, 11) is 0. The number of hydrogen-bond acceptors (Lipinski definition) is 5. The number of amides is 3. The van der Waals surface area contributed by atoms with Crippen molar-refractivity contribution in [2.24, 2.45) is 0 Å². The van der Waals surface area contributed by atoms with Gasteiger partial charge in [-0.05, 0) is 49.2 Å². The molecule has 3 amide bonds. The van der Waals surface area contributed by atoms with Gasteiger partial charge >= 0.3 is 6.03 Å². The zero-order valence-electron chi connectivity index (χ0n) is 15.0. The summed E-state index contributed by atoms with van der Waals surface area (Å²) in [5, 5.41) is 11.1. The highest BCUT2D eigenvalue weighted by molar-refractivity contribution is 7.13. The maximum atomic E-state index is 12.3. The number of hydrogen-bond donors (Lipinski definition) is 3. The molecule has 142 valence electrons. The van der Waals surface area contributed by atoms with Gasteiger partial charge in [0.2, 0.25) is 5.91 Å². The van der Waals surface area contributed by atoms with Crippen molar-refractivity contribution in [2.75, 3.05) is 10.6 Å². The Hall–Kier alpha value is -3.26. The van der Waals surface area contributed by atoms with E-state index in [0.717, 1.165) is 23.5 Å². The van der Waals surface area contributed by atoms with Crippen LogP contribution in [0.3, 0.4) is 0 Å². The van der Waals surface area contributed by atoms with Crippen molar-refractivity contribution >= 4 is 34.6 Å². The molecule has 0 bridgehead atoms. The van der Waals surface area contributed by atoms with Crippen LogP contribution in [-0.2, 0) is 11.2 Å². The molecule has 7 nitrogen and oxygen atoms in total. The second-order valence-electron chi connectivity index (χ2n) is 6.53. The van der Waals surface area contributed by atoms with Crippen molar-refractivity contribution in [1.82, 2.24) is 15.3 Å². The lowest BCUT2D eigenvalue weighted by atomic mass is 10.2. The Morgan fingerprint density at radius 1 is 1.04 bits per heavy atom. The first-order valence-electron chi connectivity index (χ1n) is 8.99. The van der Waals surface area contributed by atoms with Crippen LogP contribution in [0.15, 0.2) is 54.0 Å². The molecule has 3 N–H and O–H groups in total. The summed E-state index contributed by atoms with van der Waals surface area (Å²) < 4.78 is 0. The molecule has 3 aromatic rings. The van der Waals surface area contributed by atoms with Crippen LogP contribution in [0, 0.1) is 0 Å². The minimum Gasteiger partial charge on any atom is -0.335 e. The summed E-state index contributed by atoms with van der Waals surface area (Å²) >= 11 is 1.47. The number of urea groups is 1. The number of anilines is 2. The smallest absolute Gasteiger partial charge is 0.319 e. The summed E-state index contributed by atoms with van der Waals surface area (Å²) in [5.41, 5.74) is 2.85. The molecule has 1 aliphatic rings. The van der Waals surface area contributed by atoms with Crippen LogP contribution < -0.4 is 16.0 Å². The van der Waals surface area contributed by atoms with Crippen LogP contribution in [0.4, 0.5) is 16.2 Å². The number of carbonyl (C=O) groups is 2. The van der Waals surface area contributed by atoms with Gasteiger partial charge in [0.15, 0.2) is 0 Å². The summed E-state index contributed by atoms with van der Waals surface area (Å²) in [5.74, 6) is -0.148. The standard InChI is InChI=1S/C20H19N5O2S/c26-18(11-16-12-28-19(23-16)17-3-1-2-10-21-17)22-13-4-6-14(7-5-13)24-20(27)25-15-8-9-15/h1-7,10,12,15H,8-9,11H2,(H,22,26)(H2,24,25,27). The number of benzene rings is 1. The zero-order valence-corrected chi connectivity index (χ0v) is 15.8. The number of rotatable bonds is 6. The van der Waals surface area contributed by atoms with Crippen molar-refractivity contribution < 1.29 is 9.59 Å². The Balaban J connectivity index is 1.30. The summed E-state index contributed by atoms with van der Waals surface area (Å²) in [6, 6.07) is 12.8. The molecule has 0 saturated heterocycles. The molecule has 4 rings (SSSR count). The molecule has 0 aliphatic heterocycles. The third-order valence-corrected chi connectivity index (χ3v) is 5.03. The van der Waals surface area contributed by atoms with Gasteiger partial charge in [0.1, 0.15) is 5.01 Å². The van der Waals surface area contributed by atoms with Crippen molar-refractivity contribution in [3.8, 4) is 10.7 Å². The van der Waals surface area contributed by atoms with E-state index in [9.17, 15) is 9.59 Å². The topological polar surface area (TPSA) is 96.0 Å². The Labute approximate surface area is 166 Å². The van der Waals surface area contributed by atoms with Crippen LogP contribution in [-0.4, -0.2) is 27.9 Å². The molecule has 1 aliphatic carbocycles. The van der Waals surface area contributed by atoms with Crippen LogP contribution >= 0.6 is 11.3 Å². The van der Waals surface area contributed by atoms with Gasteiger partial charge in [-0.3, -0.25) is 9.78 Å². The highest BCUT2D eigenvalue weighted by Gasteiger charge is 2.23. The van der Waals surface area contributed by atoms with Crippen LogP contribution in [0.25, 0.3) is 10.7 Å². The van der Waals surface area contributed by atoms with Gasteiger partial charge in [-0.2, -0.15) is 0 Å². The molecule has 1 saturated carbocycles. The van der Waals surface area contributed by atoms with Gasteiger partial charge in [-0.25, -0.2) is 9.78 Å². The first kappa shape index (κ1) is 18.1. The van der Waals surface area contributed by atoms with E-state index in [4.69, 9.17) is 0 Å². The van der Waals surface area contributed by atoms with Crippen molar-refractivity contribution in [3.05, 3.63) is 59.7 Å². The Kier molecular flexibility index (Phi) is 5.29. The van der Waals surface area contributed by atoms with E-state index < -0.39 is 0 Å². The zero-order chi connectivity index (χ0) is 19.3. The molecule has 0 unspecified atom stereocenters. The fourth-order valence-electron chi connectivity index (χ4n) is 2.58. The molecule has 0 atom stereocenters. The number of thiazole rings is 1. The largest absolute Gasteiger partial charge is 0.335 e. The van der Waals surface area contributed by atoms with Gasteiger partial charge < -0.3 is 16.0 Å². The fraction of sp³-hybridized carbons (Fsp3) is 0.200. The van der Waals surface area contributed by atoms with E-state index >= 15 is 0 Å². The molecule has 28 heavy (non-hydrogen) atoms. The van der Waals surface area contributed by atoms with Crippen LogP contribution in [0.2, 0.25) is 0 Å². The maximum Gasteiger partial charge on any atom is 0.319 e. The Bertz CT molecular complexity index is 968. The maximum absolute atomic E-state index is 12.3. The van der Waals surface area contributed by atoms with E-state index in [-0.39, 0.29) is 18.4 Å². The Morgan fingerprint density at radius 3 is 2.46 bits per heavy atom. The second kappa shape index (κ2) is 8.18. The summed E-state index contributed by atoms with van der Waals surface area (Å²) in [6.45, 7) is 0. The first-order valence-corrected chi connectivity index (χ1v) is 9.87. The summed E-state index contributed by atoms with van der Waals surface area (Å²) in [4.78, 5) is 32.8. The van der Waals surface area contributed by atoms with Gasteiger partial charge in [0.05, 0.1) is 17.8 Å². The molecule has 1 aromatic carbocycles. The monoisotopic (exact) mass is 393 g/mol. The van der Waals surface area contributed by atoms with E-state index in [0.29, 0.717) is 23.1 Å². The normalized spacial score (nSPS) is 13.0. The van der Waals surface area contributed by atoms with Gasteiger partial charge in [-0.15, -0.1) is 11.3 Å². The van der Waals surface area contributed by atoms with E-state index in [2.05, 4.69) is 25.9 Å². The average Bonchev–Trinajstić information content (AvgIpc) is 3.38. The predicted molar refractivity (Wildman–Crippen MR) is 109 cm³/mol. The molecular formula is C20H19N5O2S. The lowest BCUT2D eigenvalue weighted by Gasteiger charge is -2.08. The molecule has 0 radical (unpaired) electrons.